The van der Waals surface area contributed by atoms with Crippen LogP contribution in [0.15, 0.2) is 36.0 Å². The van der Waals surface area contributed by atoms with Gasteiger partial charge in [0.05, 0.1) is 5.60 Å². The lowest BCUT2D eigenvalue weighted by Crippen LogP contribution is -2.53. The molecule has 106 valence electrons. The van der Waals surface area contributed by atoms with Crippen LogP contribution < -0.4 is 0 Å². The quantitative estimate of drug-likeness (QED) is 0.638. The Morgan fingerprint density at radius 1 is 1.47 bits per heavy atom. The van der Waals surface area contributed by atoms with Crippen molar-refractivity contribution in [1.82, 2.24) is 0 Å². The molecule has 0 spiro atoms. The maximum Gasteiger partial charge on any atom is 0.0784 e. The third-order valence-electron chi connectivity index (χ3n) is 5.19. The van der Waals surface area contributed by atoms with Gasteiger partial charge in [0.25, 0.3) is 0 Å². The van der Waals surface area contributed by atoms with E-state index in [0.717, 1.165) is 12.8 Å². The molecule has 3 aliphatic carbocycles. The molecule has 1 nitrogen and oxygen atoms in total. The van der Waals surface area contributed by atoms with Crippen molar-refractivity contribution in [2.75, 3.05) is 7.11 Å². The van der Waals surface area contributed by atoms with E-state index >= 15 is 0 Å². The molecule has 0 aromatic heterocycles. The fourth-order valence-electron chi connectivity index (χ4n) is 3.80. The van der Waals surface area contributed by atoms with Crippen molar-refractivity contribution in [1.29, 1.82) is 0 Å². The normalized spacial score (nSPS) is 37.3. The average Bonchev–Trinajstić information content (AvgIpc) is 2.33. The summed E-state index contributed by atoms with van der Waals surface area (Å²) in [6, 6.07) is 0. The summed E-state index contributed by atoms with van der Waals surface area (Å²) >= 11 is 0. The predicted molar refractivity (Wildman–Crippen MR) is 82.1 cm³/mol. The van der Waals surface area contributed by atoms with Gasteiger partial charge in [0, 0.05) is 18.4 Å². The predicted octanol–water partition coefficient (Wildman–Crippen LogP) is 4.91. The van der Waals surface area contributed by atoms with Gasteiger partial charge in [0.1, 0.15) is 0 Å². The van der Waals surface area contributed by atoms with Crippen LogP contribution in [0.2, 0.25) is 0 Å². The van der Waals surface area contributed by atoms with E-state index in [2.05, 4.69) is 46.4 Å². The molecule has 0 N–H and O–H groups in total. The van der Waals surface area contributed by atoms with E-state index < -0.39 is 0 Å². The van der Waals surface area contributed by atoms with Crippen LogP contribution in [0.25, 0.3) is 0 Å². The minimum atomic E-state index is -0.0681. The topological polar surface area (TPSA) is 9.23 Å². The summed E-state index contributed by atoms with van der Waals surface area (Å²) in [6.45, 7) is 13.1. The SMILES string of the molecule is C=CCC1=C[C@@]2(C)C(CC(C)C)=C[C@@H]1CC2(C)OC. The molecule has 0 heterocycles. The molecule has 3 aliphatic rings. The van der Waals surface area contributed by atoms with Crippen molar-refractivity contribution in [2.45, 2.75) is 52.6 Å². The second kappa shape index (κ2) is 4.94. The molecule has 0 saturated carbocycles. The maximum absolute atomic E-state index is 5.94. The van der Waals surface area contributed by atoms with Crippen LogP contribution in [0, 0.1) is 17.3 Å². The number of fused-ring (bicyclic) bond motifs is 1. The molecule has 0 amide bonds. The van der Waals surface area contributed by atoms with Gasteiger partial charge in [-0.3, -0.25) is 0 Å². The molecular formula is C18H28O. The highest BCUT2D eigenvalue weighted by molar-refractivity contribution is 5.42. The summed E-state index contributed by atoms with van der Waals surface area (Å²) < 4.78 is 5.94. The van der Waals surface area contributed by atoms with E-state index in [-0.39, 0.29) is 11.0 Å². The second-order valence-corrected chi connectivity index (χ2v) is 6.95. The van der Waals surface area contributed by atoms with Gasteiger partial charge >= 0.3 is 0 Å². The first kappa shape index (κ1) is 14.6. The van der Waals surface area contributed by atoms with Crippen molar-refractivity contribution in [3.8, 4) is 0 Å². The molecule has 19 heavy (non-hydrogen) atoms. The standard InChI is InChI=1S/C18H28O/c1-7-8-14-11-17(4)16(9-13(2)3)10-15(14)12-18(17,5)19-6/h7,10-11,13,15H,1,8-9,12H2,2-6H3/t15-,17+,18?/m1/s1. The lowest BCUT2D eigenvalue weighted by atomic mass is 9.54. The minimum absolute atomic E-state index is 0.0408. The highest BCUT2D eigenvalue weighted by Crippen LogP contribution is 2.57. The molecule has 3 rings (SSSR count). The first-order chi connectivity index (χ1) is 8.86. The third kappa shape index (κ3) is 2.23. The summed E-state index contributed by atoms with van der Waals surface area (Å²) in [7, 11) is 1.86. The summed E-state index contributed by atoms with van der Waals surface area (Å²) in [5.41, 5.74) is 3.07. The molecule has 0 aromatic rings. The largest absolute Gasteiger partial charge is 0.377 e. The minimum Gasteiger partial charge on any atom is -0.377 e. The van der Waals surface area contributed by atoms with Gasteiger partial charge in [-0.15, -0.1) is 6.58 Å². The van der Waals surface area contributed by atoms with Crippen LogP contribution in [-0.2, 0) is 4.74 Å². The molecule has 2 bridgehead atoms. The maximum atomic E-state index is 5.94. The Balaban J connectivity index is 2.43. The number of hydrogen-bond donors (Lipinski definition) is 0. The molecule has 0 saturated heterocycles. The van der Waals surface area contributed by atoms with Gasteiger partial charge in [0.2, 0.25) is 0 Å². The number of rotatable bonds is 5. The van der Waals surface area contributed by atoms with Crippen LogP contribution in [0.4, 0.5) is 0 Å². The monoisotopic (exact) mass is 260 g/mol. The summed E-state index contributed by atoms with van der Waals surface area (Å²) in [5, 5.41) is 0. The number of hydrogen-bond acceptors (Lipinski definition) is 1. The van der Waals surface area contributed by atoms with Gasteiger partial charge in [-0.25, -0.2) is 0 Å². The van der Waals surface area contributed by atoms with E-state index in [9.17, 15) is 0 Å². The molecule has 3 atom stereocenters. The lowest BCUT2D eigenvalue weighted by Gasteiger charge is -2.55. The van der Waals surface area contributed by atoms with Gasteiger partial charge in [0.15, 0.2) is 0 Å². The smallest absolute Gasteiger partial charge is 0.0784 e. The van der Waals surface area contributed by atoms with Crippen LogP contribution >= 0.6 is 0 Å². The molecule has 1 unspecified atom stereocenters. The highest BCUT2D eigenvalue weighted by Gasteiger charge is 2.53. The van der Waals surface area contributed by atoms with Crippen LogP contribution in [0.3, 0.4) is 0 Å². The van der Waals surface area contributed by atoms with Crippen molar-refractivity contribution in [3.05, 3.63) is 36.0 Å². The zero-order valence-electron chi connectivity index (χ0n) is 13.1. The van der Waals surface area contributed by atoms with Crippen LogP contribution in [0.1, 0.15) is 47.0 Å². The van der Waals surface area contributed by atoms with E-state index in [1.165, 1.54) is 12.0 Å². The fourth-order valence-corrected chi connectivity index (χ4v) is 3.80. The van der Waals surface area contributed by atoms with Crippen LogP contribution in [-0.4, -0.2) is 12.7 Å². The van der Waals surface area contributed by atoms with E-state index in [0.29, 0.717) is 11.8 Å². The molecule has 1 heteroatoms. The molecule has 0 radical (unpaired) electrons. The zero-order chi connectivity index (χ0) is 14.3. The fraction of sp³-hybridized carbons (Fsp3) is 0.667. The number of allylic oxidation sites excluding steroid dienone is 3. The van der Waals surface area contributed by atoms with E-state index in [1.54, 1.807) is 5.57 Å². The highest BCUT2D eigenvalue weighted by atomic mass is 16.5. The molecule has 0 fully saturated rings. The summed E-state index contributed by atoms with van der Waals surface area (Å²) in [6.07, 6.45) is 10.3. The average molecular weight is 260 g/mol. The Morgan fingerprint density at radius 2 is 2.16 bits per heavy atom. The number of methoxy groups -OCH3 is 1. The van der Waals surface area contributed by atoms with Crippen LogP contribution in [0.5, 0.6) is 0 Å². The third-order valence-corrected chi connectivity index (χ3v) is 5.19. The molecule has 0 aromatic carbocycles. The number of ether oxygens (including phenoxy) is 1. The Bertz CT molecular complexity index is 429. The molecular weight excluding hydrogens is 232 g/mol. The zero-order valence-corrected chi connectivity index (χ0v) is 13.1. The molecule has 0 aliphatic heterocycles. The summed E-state index contributed by atoms with van der Waals surface area (Å²) in [4.78, 5) is 0. The summed E-state index contributed by atoms with van der Waals surface area (Å²) in [5.74, 6) is 1.23. The first-order valence-electron chi connectivity index (χ1n) is 7.45. The van der Waals surface area contributed by atoms with Crippen molar-refractivity contribution in [3.63, 3.8) is 0 Å². The van der Waals surface area contributed by atoms with E-state index in [1.807, 2.05) is 13.2 Å². The Kier molecular flexibility index (Phi) is 3.79. The van der Waals surface area contributed by atoms with Gasteiger partial charge in [-0.2, -0.15) is 0 Å². The first-order valence-corrected chi connectivity index (χ1v) is 7.45. The lowest BCUT2D eigenvalue weighted by molar-refractivity contribution is -0.0824. The Hall–Kier alpha value is -0.820. The van der Waals surface area contributed by atoms with Crippen molar-refractivity contribution >= 4 is 0 Å². The van der Waals surface area contributed by atoms with E-state index in [4.69, 9.17) is 4.74 Å². The van der Waals surface area contributed by atoms with Crippen molar-refractivity contribution in [2.24, 2.45) is 17.3 Å². The van der Waals surface area contributed by atoms with Gasteiger partial charge in [-0.1, -0.05) is 43.2 Å². The van der Waals surface area contributed by atoms with Crippen molar-refractivity contribution < 1.29 is 4.74 Å². The Labute approximate surface area is 118 Å². The van der Waals surface area contributed by atoms with Gasteiger partial charge in [-0.05, 0) is 39.0 Å². The van der Waals surface area contributed by atoms with Gasteiger partial charge < -0.3 is 4.74 Å². The Morgan fingerprint density at radius 3 is 2.68 bits per heavy atom. The second-order valence-electron chi connectivity index (χ2n) is 6.95.